The van der Waals surface area contributed by atoms with Gasteiger partial charge in [-0.2, -0.15) is 12.4 Å². The molecule has 1 rings (SSSR count). The van der Waals surface area contributed by atoms with Crippen molar-refractivity contribution < 1.29 is 17.0 Å². The van der Waals surface area contributed by atoms with Crippen LogP contribution in [-0.2, 0) is 17.0 Å². The average Bonchev–Trinajstić information content (AvgIpc) is 2.58. The maximum atomic E-state index is 6.94. The molecular weight excluding hydrogens is 319 g/mol. The maximum Gasteiger partial charge on any atom is -0.0860 e. The zero-order chi connectivity index (χ0) is 13.4. The third kappa shape index (κ3) is 126. The van der Waals surface area contributed by atoms with E-state index in [2.05, 4.69) is 18.1 Å². The van der Waals surface area contributed by atoms with Gasteiger partial charge in [0.2, 0.25) is 0 Å². The van der Waals surface area contributed by atoms with Gasteiger partial charge in [-0.25, -0.2) is 0 Å². The van der Waals surface area contributed by atoms with Crippen molar-refractivity contribution in [2.45, 2.75) is 39.4 Å². The van der Waals surface area contributed by atoms with Crippen LogP contribution in [0.4, 0.5) is 0 Å². The number of hydrogen-bond acceptors (Lipinski definition) is 0. The van der Waals surface area contributed by atoms with Crippen molar-refractivity contribution >= 4 is 28.1 Å². The Kier molecular flexibility index (Phi) is 45.7. The average molecular weight is 346 g/mol. The van der Waals surface area contributed by atoms with Crippen molar-refractivity contribution in [3.63, 3.8) is 0 Å². The fourth-order valence-corrected chi connectivity index (χ4v) is 0.248. The third-order valence-electron chi connectivity index (χ3n) is 0.455. The van der Waals surface area contributed by atoms with E-state index >= 15 is 0 Å². The van der Waals surface area contributed by atoms with Crippen molar-refractivity contribution in [3.8, 4) is 0 Å². The molecule has 0 bridgehead atoms. The van der Waals surface area contributed by atoms with Gasteiger partial charge < -0.3 is 25.6 Å². The van der Waals surface area contributed by atoms with Crippen LogP contribution in [0.2, 0.25) is 13.1 Å². The molecule has 1 aromatic rings. The van der Waals surface area contributed by atoms with Gasteiger partial charge in [0.05, 0.1) is 0 Å². The van der Waals surface area contributed by atoms with E-state index in [9.17, 15) is 0 Å². The predicted molar refractivity (Wildman–Crippen MR) is 87.2 cm³/mol. The molecule has 0 aliphatic carbocycles. The van der Waals surface area contributed by atoms with Gasteiger partial charge in [-0.3, -0.25) is 0 Å². The van der Waals surface area contributed by atoms with E-state index in [1.807, 2.05) is 32.9 Å². The first-order chi connectivity index (χ1) is 7.33. The Balaban J connectivity index is -0.0000000416. The molecule has 1 N–H and O–H groups in total. The molecule has 1 heterocycles. The summed E-state index contributed by atoms with van der Waals surface area (Å²) < 4.78 is 0. The van der Waals surface area contributed by atoms with Gasteiger partial charge in [0.1, 0.15) is 0 Å². The minimum Gasteiger partial charge on any atom is -0.670 e. The van der Waals surface area contributed by atoms with Crippen molar-refractivity contribution in [1.29, 1.82) is 0 Å². The molecule has 107 valence electrons. The number of rotatable bonds is 0. The molecule has 0 saturated carbocycles. The third-order valence-corrected chi connectivity index (χ3v) is 0.455. The van der Waals surface area contributed by atoms with E-state index in [0.29, 0.717) is 0 Å². The second-order valence-corrected chi connectivity index (χ2v) is 7.46. The number of nitrogens with zero attached hydrogens (tertiary/aromatic N) is 1. The predicted octanol–water partition coefficient (Wildman–Crippen LogP) is 5.28. The van der Waals surface area contributed by atoms with Gasteiger partial charge in [-0.15, -0.1) is 5.54 Å². The Bertz CT molecular complexity index is 155. The van der Waals surface area contributed by atoms with Gasteiger partial charge in [-0.1, -0.05) is 46.0 Å². The summed E-state index contributed by atoms with van der Waals surface area (Å²) in [4.78, 5) is 3.72. The Morgan fingerprint density at radius 1 is 1.06 bits per heavy atom. The quantitative estimate of drug-likeness (QED) is 0.465. The minimum absolute atomic E-state index is 0. The molecule has 0 aromatic carbocycles. The smallest absolute Gasteiger partial charge is 0.0860 e. The topological polar surface area (TPSA) is 37.9 Å². The van der Waals surface area contributed by atoms with E-state index in [1.165, 1.54) is 0 Å². The summed E-state index contributed by atoms with van der Waals surface area (Å²) >= 11 is -0.556. The van der Waals surface area contributed by atoms with Gasteiger partial charge in [0.15, 0.2) is 0 Å². The van der Waals surface area contributed by atoms with Crippen LogP contribution in [0.1, 0.15) is 20.8 Å². The summed E-state index contributed by atoms with van der Waals surface area (Å²) in [6.07, 6.45) is 3.50. The van der Waals surface area contributed by atoms with Crippen LogP contribution in [0.5, 0.6) is 0 Å². The zero-order valence-corrected chi connectivity index (χ0v) is 16.8. The molecule has 0 spiro atoms. The second kappa shape index (κ2) is 26.3. The summed E-state index contributed by atoms with van der Waals surface area (Å²) in [6, 6.07) is 3.78. The first kappa shape index (κ1) is 31.2. The Hall–Kier alpha value is 0.751. The van der Waals surface area contributed by atoms with Gasteiger partial charge in [0.25, 0.3) is 0 Å². The van der Waals surface area contributed by atoms with Crippen LogP contribution in [0, 0.1) is 14.9 Å². The number of aromatic nitrogens is 1. The van der Waals surface area contributed by atoms with E-state index < -0.39 is 17.0 Å². The molecule has 6 heteroatoms. The molecule has 18 heavy (non-hydrogen) atoms. The van der Waals surface area contributed by atoms with E-state index in [0.717, 1.165) is 9.52 Å². The Morgan fingerprint density at radius 2 is 1.22 bits per heavy atom. The molecule has 0 aliphatic heterocycles. The maximum absolute atomic E-state index is 6.94. The van der Waals surface area contributed by atoms with Crippen LogP contribution in [0.3, 0.4) is 0 Å². The first-order valence-electron chi connectivity index (χ1n) is 4.80. The zero-order valence-electron chi connectivity index (χ0n) is 12.6. The van der Waals surface area contributed by atoms with E-state index in [4.69, 9.17) is 24.3 Å². The van der Waals surface area contributed by atoms with Gasteiger partial charge in [0, 0.05) is 9.52 Å². The monoisotopic (exact) mass is 345 g/mol. The van der Waals surface area contributed by atoms with Gasteiger partial charge >= 0.3 is 35.6 Å². The standard InChI is InChI=1S/C4H4N.C4H10N.C2H7Si.2CH3.2ClH.Ti/c1-2-4-5-3-1;1-4(2,3)5;1-3-2;;;;;/h1-4H;5H,1-3H3;3H,1-2H3;2*1H3;2*1H;/q2*-1;;2*-1;;;+6/p-2. The Labute approximate surface area is 134 Å². The summed E-state index contributed by atoms with van der Waals surface area (Å²) in [5, 5.41) is 0. The number of nitrogens with one attached hydrogen (secondary N) is 1. The summed E-state index contributed by atoms with van der Waals surface area (Å²) in [6.45, 7) is 9.98. The molecule has 1 radical (unpaired) electrons. The molecule has 0 aliphatic rings. The van der Waals surface area contributed by atoms with Crippen LogP contribution in [0.25, 0.3) is 5.73 Å². The van der Waals surface area contributed by atoms with Crippen LogP contribution < -0.4 is 4.98 Å². The van der Waals surface area contributed by atoms with Crippen LogP contribution in [-0.4, -0.2) is 15.1 Å². The van der Waals surface area contributed by atoms with Gasteiger partial charge in [-0.05, 0) is 0 Å². The van der Waals surface area contributed by atoms with E-state index in [-0.39, 0.29) is 20.4 Å². The molecule has 2 nitrogen and oxygen atoms in total. The number of hydrogen-bond donors (Lipinski definition) is 0. The normalized spacial score (nSPS) is 7.78. The first-order valence-corrected chi connectivity index (χ1v) is 11.4. The summed E-state index contributed by atoms with van der Waals surface area (Å²) in [7, 11) is 10.5. The molecule has 0 amide bonds. The Morgan fingerprint density at radius 3 is 1.28 bits per heavy atom. The van der Waals surface area contributed by atoms with Crippen molar-refractivity contribution in [3.05, 3.63) is 45.1 Å². The largest absolute Gasteiger partial charge is 0.670 e. The van der Waals surface area contributed by atoms with Crippen LogP contribution >= 0.6 is 18.6 Å². The number of halogens is 2. The van der Waals surface area contributed by atoms with Crippen molar-refractivity contribution in [2.24, 2.45) is 0 Å². The molecule has 0 fully saturated rings. The second-order valence-electron chi connectivity index (χ2n) is 3.73. The molecule has 1 aromatic heterocycles. The summed E-state index contributed by atoms with van der Waals surface area (Å²) in [5.74, 6) is 0. The molecule has 0 unspecified atom stereocenters. The molecular formula is C12H27Cl2N2SiTi. The fraction of sp³-hybridized carbons (Fsp3) is 0.500. The molecule has 0 saturated heterocycles. The summed E-state index contributed by atoms with van der Waals surface area (Å²) in [5.41, 5.74) is 6.69. The SMILES string of the molecule is CC(C)(C)[NH-].C[SiH]C.[CH3-].[CH3-].[Cl][Ti+4][Cl].c1cc[n-]c1. The minimum atomic E-state index is -0.556. The van der Waals surface area contributed by atoms with Crippen LogP contribution in [0.15, 0.2) is 24.5 Å². The van der Waals surface area contributed by atoms with E-state index in [1.54, 1.807) is 12.4 Å². The fourth-order valence-electron chi connectivity index (χ4n) is 0.248. The molecule has 0 atom stereocenters. The van der Waals surface area contributed by atoms with Crippen molar-refractivity contribution in [2.75, 3.05) is 0 Å². The van der Waals surface area contributed by atoms with Crippen molar-refractivity contribution in [1.82, 2.24) is 4.98 Å².